The Balaban J connectivity index is 1.80. The van der Waals surface area contributed by atoms with E-state index >= 15 is 0 Å². The molecule has 1 heterocycles. The van der Waals surface area contributed by atoms with Crippen LogP contribution < -0.4 is 4.90 Å². The number of rotatable bonds is 4. The lowest BCUT2D eigenvalue weighted by Crippen LogP contribution is -2.42. The lowest BCUT2D eigenvalue weighted by atomic mass is 9.73. The van der Waals surface area contributed by atoms with Gasteiger partial charge in [-0.1, -0.05) is 53.6 Å². The fourth-order valence-corrected chi connectivity index (χ4v) is 5.60. The zero-order chi connectivity index (χ0) is 25.4. The van der Waals surface area contributed by atoms with Crippen molar-refractivity contribution < 1.29 is 9.90 Å². The quantitative estimate of drug-likeness (QED) is 0.274. The first-order valence-electron chi connectivity index (χ1n) is 11.9. The average Bonchev–Trinajstić information content (AvgIpc) is 2.89. The highest BCUT2D eigenvalue weighted by Gasteiger charge is 2.43. The van der Waals surface area contributed by atoms with Crippen LogP contribution in [0.3, 0.4) is 0 Å². The van der Waals surface area contributed by atoms with Gasteiger partial charge in [0.25, 0.3) is 0 Å². The maximum atomic E-state index is 13.5. The molecule has 2 N–H and O–H groups in total. The van der Waals surface area contributed by atoms with Gasteiger partial charge in [-0.2, -0.15) is 0 Å². The fourth-order valence-electron chi connectivity index (χ4n) is 5.06. The van der Waals surface area contributed by atoms with Crippen LogP contribution in [0.2, 0.25) is 5.02 Å². The van der Waals surface area contributed by atoms with Crippen molar-refractivity contribution in [1.82, 2.24) is 0 Å². The van der Waals surface area contributed by atoms with Gasteiger partial charge in [-0.25, -0.2) is 0 Å². The fraction of sp³-hybridized carbons (Fsp3) is 0.200. The van der Waals surface area contributed by atoms with E-state index in [1.807, 2.05) is 78.7 Å². The molecule has 1 aliphatic carbocycles. The minimum absolute atomic E-state index is 0.0165. The number of benzene rings is 3. The van der Waals surface area contributed by atoms with E-state index in [4.69, 9.17) is 11.6 Å². The topological polar surface area (TPSA) is 64.4 Å². The van der Waals surface area contributed by atoms with Gasteiger partial charge in [0.15, 0.2) is 5.78 Å². The second-order valence-corrected chi connectivity index (χ2v) is 10.4. The van der Waals surface area contributed by atoms with Crippen LogP contribution in [0, 0.1) is 12.3 Å². The molecule has 1 atom stereocenters. The largest absolute Gasteiger partial charge is 0.507 e. The van der Waals surface area contributed by atoms with Crippen LogP contribution in [0.25, 0.3) is 5.76 Å². The summed E-state index contributed by atoms with van der Waals surface area (Å²) < 4.78 is 0. The monoisotopic (exact) mass is 514 g/mol. The first-order chi connectivity index (χ1) is 17.4. The van der Waals surface area contributed by atoms with E-state index in [1.54, 1.807) is 23.9 Å². The van der Waals surface area contributed by atoms with E-state index in [1.165, 1.54) is 0 Å². The van der Waals surface area contributed by atoms with Crippen LogP contribution >= 0.6 is 23.4 Å². The number of halogens is 1. The Bertz CT molecular complexity index is 1390. The van der Waals surface area contributed by atoms with E-state index in [0.29, 0.717) is 34.6 Å². The predicted octanol–water partition coefficient (Wildman–Crippen LogP) is 7.93. The lowest BCUT2D eigenvalue weighted by Gasteiger charge is -2.41. The van der Waals surface area contributed by atoms with E-state index in [-0.39, 0.29) is 17.4 Å². The van der Waals surface area contributed by atoms with Gasteiger partial charge in [-0.05, 0) is 68.0 Å². The molecular formula is C30H27ClN2O2S. The maximum absolute atomic E-state index is 13.5. The molecule has 3 aromatic rings. The number of carbonyl (C=O) groups is 1. The number of allylic oxidation sites excluding steroid dienone is 2. The zero-order valence-electron chi connectivity index (χ0n) is 20.2. The molecule has 0 saturated carbocycles. The van der Waals surface area contributed by atoms with Crippen LogP contribution in [0.15, 0.2) is 94.5 Å². The van der Waals surface area contributed by atoms with Crippen molar-refractivity contribution in [3.8, 4) is 0 Å². The van der Waals surface area contributed by atoms with E-state index < -0.39 is 5.92 Å². The average molecular weight is 515 g/mol. The highest BCUT2D eigenvalue weighted by atomic mass is 35.5. The number of aliphatic hydroxyl groups is 1. The van der Waals surface area contributed by atoms with E-state index in [2.05, 4.69) is 0 Å². The number of thioether (sulfide) groups is 1. The van der Waals surface area contributed by atoms with Crippen molar-refractivity contribution in [3.63, 3.8) is 0 Å². The number of nitrogens with one attached hydrogen (secondary N) is 1. The molecule has 4 nitrogen and oxygen atoms in total. The molecule has 0 radical (unpaired) electrons. The second kappa shape index (κ2) is 10.00. The molecule has 5 rings (SSSR count). The molecule has 6 heteroatoms. The van der Waals surface area contributed by atoms with Gasteiger partial charge < -0.3 is 5.11 Å². The highest BCUT2D eigenvalue weighted by molar-refractivity contribution is 7.98. The Morgan fingerprint density at radius 3 is 2.31 bits per heavy atom. The van der Waals surface area contributed by atoms with E-state index in [9.17, 15) is 15.3 Å². The molecule has 1 unspecified atom stereocenters. The van der Waals surface area contributed by atoms with Crippen molar-refractivity contribution in [2.24, 2.45) is 0 Å². The summed E-state index contributed by atoms with van der Waals surface area (Å²) in [6.07, 6.45) is 3.90. The maximum Gasteiger partial charge on any atom is 0.161 e. The van der Waals surface area contributed by atoms with Crippen molar-refractivity contribution in [2.75, 3.05) is 11.2 Å². The Morgan fingerprint density at radius 2 is 1.67 bits per heavy atom. The summed E-state index contributed by atoms with van der Waals surface area (Å²) in [7, 11) is 0. The van der Waals surface area contributed by atoms with Gasteiger partial charge in [-0.15, -0.1) is 11.8 Å². The molecule has 0 spiro atoms. The number of Topliss-reactive ketones (excluding diaryl/α,β-unsaturated/α-hetero) is 1. The third-order valence-electron chi connectivity index (χ3n) is 6.87. The number of carbonyl (C=O) groups excluding carboxylic acids is 1. The summed E-state index contributed by atoms with van der Waals surface area (Å²) in [4.78, 5) is 16.5. The van der Waals surface area contributed by atoms with Gasteiger partial charge >= 0.3 is 0 Å². The Hall–Kier alpha value is -3.28. The summed E-state index contributed by atoms with van der Waals surface area (Å²) in [6.45, 7) is 1.99. The molecule has 0 saturated heterocycles. The number of ketones is 1. The molecule has 182 valence electrons. The normalized spacial score (nSPS) is 19.4. The Kier molecular flexibility index (Phi) is 6.78. The van der Waals surface area contributed by atoms with Crippen LogP contribution in [-0.2, 0) is 4.79 Å². The van der Waals surface area contributed by atoms with Crippen molar-refractivity contribution in [1.29, 1.82) is 5.41 Å². The summed E-state index contributed by atoms with van der Waals surface area (Å²) in [5.41, 5.74) is 5.27. The lowest BCUT2D eigenvalue weighted by molar-refractivity contribution is -0.116. The summed E-state index contributed by atoms with van der Waals surface area (Å²) >= 11 is 7.81. The molecule has 36 heavy (non-hydrogen) atoms. The molecule has 0 amide bonds. The SMILES string of the molecule is CSc1ccc(C2C3=C(CCCC3=O)N(c3ccc(Cl)cc3)C(=N)/C2=C(/O)c2ccc(C)cc2)cc1. The third-order valence-corrected chi connectivity index (χ3v) is 7.86. The Labute approximate surface area is 220 Å². The van der Waals surface area contributed by atoms with Gasteiger partial charge in [0.1, 0.15) is 11.6 Å². The zero-order valence-corrected chi connectivity index (χ0v) is 21.8. The smallest absolute Gasteiger partial charge is 0.161 e. The first kappa shape index (κ1) is 24.4. The summed E-state index contributed by atoms with van der Waals surface area (Å²) in [6, 6.07) is 23.0. The van der Waals surface area contributed by atoms with Gasteiger partial charge in [0.05, 0.1) is 0 Å². The molecule has 1 aliphatic heterocycles. The molecule has 0 aromatic heterocycles. The van der Waals surface area contributed by atoms with Gasteiger partial charge in [0, 0.05) is 50.4 Å². The molecule has 3 aromatic carbocycles. The van der Waals surface area contributed by atoms with Crippen LogP contribution in [0.4, 0.5) is 5.69 Å². The van der Waals surface area contributed by atoms with Crippen LogP contribution in [-0.4, -0.2) is 23.0 Å². The number of nitrogens with zero attached hydrogens (tertiary/aromatic N) is 1. The van der Waals surface area contributed by atoms with Crippen LogP contribution in [0.5, 0.6) is 0 Å². The van der Waals surface area contributed by atoms with Gasteiger partial charge in [-0.3, -0.25) is 15.1 Å². The predicted molar refractivity (Wildman–Crippen MR) is 149 cm³/mol. The van der Waals surface area contributed by atoms with Crippen molar-refractivity contribution in [3.05, 3.63) is 111 Å². The number of aliphatic hydroxyl groups excluding tert-OH is 1. The number of anilines is 1. The van der Waals surface area contributed by atoms with Gasteiger partial charge in [0.2, 0.25) is 0 Å². The number of amidine groups is 1. The Morgan fingerprint density at radius 1 is 1.00 bits per heavy atom. The minimum Gasteiger partial charge on any atom is -0.507 e. The summed E-state index contributed by atoms with van der Waals surface area (Å²) in [5.74, 6) is -0.275. The van der Waals surface area contributed by atoms with Crippen molar-refractivity contribution >= 4 is 46.4 Å². The number of hydrogen-bond donors (Lipinski definition) is 2. The summed E-state index contributed by atoms with van der Waals surface area (Å²) in [5, 5.41) is 21.7. The molecule has 0 fully saturated rings. The molecule has 0 bridgehead atoms. The second-order valence-electron chi connectivity index (χ2n) is 9.13. The standard InChI is InChI=1S/C30H27ClN2O2S/c1-18-6-8-20(9-7-18)29(35)28-26(19-10-16-23(36-2)17-11-19)27-24(4-3-5-25(27)34)33(30(28)32)22-14-12-21(31)13-15-22/h6-17,26,32,35H,3-5H2,1-2H3/b29-28+,32-30?. The van der Waals surface area contributed by atoms with Crippen LogP contribution in [0.1, 0.15) is 41.9 Å². The third kappa shape index (κ3) is 4.38. The highest BCUT2D eigenvalue weighted by Crippen LogP contribution is 2.48. The number of aryl methyl sites for hydroxylation is 1. The molecule has 2 aliphatic rings. The minimum atomic E-state index is -0.527. The van der Waals surface area contributed by atoms with Crippen molar-refractivity contribution in [2.45, 2.75) is 37.0 Å². The molecular weight excluding hydrogens is 488 g/mol. The first-order valence-corrected chi connectivity index (χ1v) is 13.5. The van der Waals surface area contributed by atoms with E-state index in [0.717, 1.165) is 33.8 Å². The number of hydrogen-bond acceptors (Lipinski definition) is 4.